The summed E-state index contributed by atoms with van der Waals surface area (Å²) >= 11 is 0. The minimum absolute atomic E-state index is 0.173. The Morgan fingerprint density at radius 1 is 1.29 bits per heavy atom. The SMILES string of the molecule is CC(C)(C)[C@@H](O)CCNC(=O)c1ccc2c(c1)OCCO2. The second-order valence-electron chi connectivity index (χ2n) is 6.28. The lowest BCUT2D eigenvalue weighted by Crippen LogP contribution is -2.32. The number of fused-ring (bicyclic) bond motifs is 1. The summed E-state index contributed by atoms with van der Waals surface area (Å²) in [5.74, 6) is 1.10. The molecule has 0 aromatic heterocycles. The summed E-state index contributed by atoms with van der Waals surface area (Å²) in [6, 6.07) is 5.14. The fourth-order valence-electron chi connectivity index (χ4n) is 2.04. The van der Waals surface area contributed by atoms with Crippen molar-refractivity contribution in [3.05, 3.63) is 23.8 Å². The highest BCUT2D eigenvalue weighted by atomic mass is 16.6. The molecule has 116 valence electrons. The normalized spacial score (nSPS) is 15.4. The molecule has 2 N–H and O–H groups in total. The van der Waals surface area contributed by atoms with Crippen LogP contribution in [0.1, 0.15) is 37.6 Å². The van der Waals surface area contributed by atoms with Crippen molar-refractivity contribution in [2.75, 3.05) is 19.8 Å². The van der Waals surface area contributed by atoms with Crippen LogP contribution in [0.25, 0.3) is 0 Å². The van der Waals surface area contributed by atoms with E-state index in [0.29, 0.717) is 43.2 Å². The summed E-state index contributed by atoms with van der Waals surface area (Å²) in [5, 5.41) is 12.8. The zero-order valence-corrected chi connectivity index (χ0v) is 12.8. The number of hydrogen-bond acceptors (Lipinski definition) is 4. The molecule has 0 aliphatic carbocycles. The molecule has 1 aliphatic heterocycles. The molecule has 0 fully saturated rings. The Labute approximate surface area is 125 Å². The maximum atomic E-state index is 12.1. The predicted molar refractivity (Wildman–Crippen MR) is 79.8 cm³/mol. The predicted octanol–water partition coefficient (Wildman–Crippen LogP) is 1.98. The Balaban J connectivity index is 1.89. The second kappa shape index (κ2) is 6.35. The molecule has 0 spiro atoms. The van der Waals surface area contributed by atoms with Crippen LogP contribution in [0.2, 0.25) is 0 Å². The van der Waals surface area contributed by atoms with E-state index in [4.69, 9.17) is 9.47 Å². The molecule has 1 amide bonds. The Hall–Kier alpha value is -1.75. The Kier molecular flexibility index (Phi) is 4.73. The number of ether oxygens (including phenoxy) is 2. The van der Waals surface area contributed by atoms with Crippen molar-refractivity contribution in [1.82, 2.24) is 5.32 Å². The van der Waals surface area contributed by atoms with Crippen LogP contribution in [-0.2, 0) is 0 Å². The third-order valence-corrected chi connectivity index (χ3v) is 3.51. The van der Waals surface area contributed by atoms with Gasteiger partial charge in [-0.3, -0.25) is 4.79 Å². The molecular formula is C16H23NO4. The molecule has 21 heavy (non-hydrogen) atoms. The number of carbonyl (C=O) groups excluding carboxylic acids is 1. The van der Waals surface area contributed by atoms with Gasteiger partial charge in [-0.2, -0.15) is 0 Å². The number of amides is 1. The molecule has 0 unspecified atom stereocenters. The highest BCUT2D eigenvalue weighted by Crippen LogP contribution is 2.30. The van der Waals surface area contributed by atoms with E-state index in [1.54, 1.807) is 18.2 Å². The van der Waals surface area contributed by atoms with Gasteiger partial charge in [-0.15, -0.1) is 0 Å². The number of aliphatic hydroxyl groups is 1. The molecule has 0 radical (unpaired) electrons. The van der Waals surface area contributed by atoms with Crippen molar-refractivity contribution in [3.63, 3.8) is 0 Å². The maximum Gasteiger partial charge on any atom is 0.251 e. The van der Waals surface area contributed by atoms with Gasteiger partial charge in [0.25, 0.3) is 5.91 Å². The monoisotopic (exact) mass is 293 g/mol. The number of carbonyl (C=O) groups is 1. The zero-order valence-electron chi connectivity index (χ0n) is 12.8. The van der Waals surface area contributed by atoms with Gasteiger partial charge in [0, 0.05) is 12.1 Å². The minimum atomic E-state index is -0.446. The third-order valence-electron chi connectivity index (χ3n) is 3.51. The van der Waals surface area contributed by atoms with Gasteiger partial charge in [-0.1, -0.05) is 20.8 Å². The molecule has 1 heterocycles. The van der Waals surface area contributed by atoms with Crippen LogP contribution in [0, 0.1) is 5.41 Å². The van der Waals surface area contributed by atoms with E-state index in [2.05, 4.69) is 5.32 Å². The van der Waals surface area contributed by atoms with E-state index in [-0.39, 0.29) is 11.3 Å². The third kappa shape index (κ3) is 4.11. The summed E-state index contributed by atoms with van der Waals surface area (Å²) in [4.78, 5) is 12.1. The van der Waals surface area contributed by atoms with Crippen molar-refractivity contribution in [1.29, 1.82) is 0 Å². The lowest BCUT2D eigenvalue weighted by molar-refractivity contribution is 0.0551. The minimum Gasteiger partial charge on any atom is -0.486 e. The Morgan fingerprint density at radius 2 is 1.95 bits per heavy atom. The van der Waals surface area contributed by atoms with Crippen LogP contribution in [0.5, 0.6) is 11.5 Å². The molecule has 5 nitrogen and oxygen atoms in total. The van der Waals surface area contributed by atoms with Crippen molar-refractivity contribution in [2.24, 2.45) is 5.41 Å². The first-order valence-corrected chi connectivity index (χ1v) is 7.24. The number of aliphatic hydroxyl groups excluding tert-OH is 1. The van der Waals surface area contributed by atoms with Crippen LogP contribution in [-0.4, -0.2) is 36.9 Å². The maximum absolute atomic E-state index is 12.1. The highest BCUT2D eigenvalue weighted by Gasteiger charge is 2.22. The van der Waals surface area contributed by atoms with Gasteiger partial charge in [0.15, 0.2) is 11.5 Å². The van der Waals surface area contributed by atoms with Crippen molar-refractivity contribution in [2.45, 2.75) is 33.3 Å². The fourth-order valence-corrected chi connectivity index (χ4v) is 2.04. The van der Waals surface area contributed by atoms with Crippen molar-refractivity contribution >= 4 is 5.91 Å². The van der Waals surface area contributed by atoms with E-state index in [1.807, 2.05) is 20.8 Å². The van der Waals surface area contributed by atoms with Crippen molar-refractivity contribution < 1.29 is 19.4 Å². The fraction of sp³-hybridized carbons (Fsp3) is 0.562. The van der Waals surface area contributed by atoms with Crippen LogP contribution in [0.4, 0.5) is 0 Å². The van der Waals surface area contributed by atoms with Gasteiger partial charge in [-0.05, 0) is 30.0 Å². The first kappa shape index (κ1) is 15.6. The van der Waals surface area contributed by atoms with E-state index >= 15 is 0 Å². The summed E-state index contributed by atoms with van der Waals surface area (Å²) in [5.41, 5.74) is 0.353. The van der Waals surface area contributed by atoms with E-state index in [9.17, 15) is 9.90 Å². The van der Waals surface area contributed by atoms with Gasteiger partial charge >= 0.3 is 0 Å². The zero-order chi connectivity index (χ0) is 15.5. The van der Waals surface area contributed by atoms with Crippen LogP contribution >= 0.6 is 0 Å². The van der Waals surface area contributed by atoms with Gasteiger partial charge in [0.05, 0.1) is 6.10 Å². The highest BCUT2D eigenvalue weighted by molar-refractivity contribution is 5.94. The molecule has 1 aromatic rings. The van der Waals surface area contributed by atoms with Gasteiger partial charge in [0.2, 0.25) is 0 Å². The van der Waals surface area contributed by atoms with E-state index in [1.165, 1.54) is 0 Å². The molecule has 0 bridgehead atoms. The smallest absolute Gasteiger partial charge is 0.251 e. The lowest BCUT2D eigenvalue weighted by atomic mass is 9.87. The molecule has 0 saturated carbocycles. The Bertz CT molecular complexity index is 507. The number of hydrogen-bond donors (Lipinski definition) is 2. The number of rotatable bonds is 4. The molecule has 5 heteroatoms. The first-order chi connectivity index (χ1) is 9.88. The van der Waals surface area contributed by atoms with Crippen LogP contribution < -0.4 is 14.8 Å². The lowest BCUT2D eigenvalue weighted by Gasteiger charge is -2.25. The topological polar surface area (TPSA) is 67.8 Å². The second-order valence-corrected chi connectivity index (χ2v) is 6.28. The standard InChI is InChI=1S/C16H23NO4/c1-16(2,3)14(18)6-7-17-15(19)11-4-5-12-13(10-11)21-9-8-20-12/h4-5,10,14,18H,6-9H2,1-3H3,(H,17,19)/t14-/m0/s1. The first-order valence-electron chi connectivity index (χ1n) is 7.24. The Morgan fingerprint density at radius 3 is 2.62 bits per heavy atom. The molecular weight excluding hydrogens is 270 g/mol. The van der Waals surface area contributed by atoms with E-state index < -0.39 is 6.10 Å². The largest absolute Gasteiger partial charge is 0.486 e. The van der Waals surface area contributed by atoms with Gasteiger partial charge in [-0.25, -0.2) is 0 Å². The van der Waals surface area contributed by atoms with Gasteiger partial charge in [0.1, 0.15) is 13.2 Å². The van der Waals surface area contributed by atoms with E-state index in [0.717, 1.165) is 0 Å². The quantitative estimate of drug-likeness (QED) is 0.891. The number of nitrogens with one attached hydrogen (secondary N) is 1. The van der Waals surface area contributed by atoms with Gasteiger partial charge < -0.3 is 19.9 Å². The molecule has 1 atom stereocenters. The molecule has 0 saturated heterocycles. The summed E-state index contributed by atoms with van der Waals surface area (Å²) in [6.07, 6.45) is 0.0813. The molecule has 1 aromatic carbocycles. The van der Waals surface area contributed by atoms with Crippen LogP contribution in [0.3, 0.4) is 0 Å². The van der Waals surface area contributed by atoms with Crippen LogP contribution in [0.15, 0.2) is 18.2 Å². The average molecular weight is 293 g/mol. The molecule has 2 rings (SSSR count). The molecule has 1 aliphatic rings. The summed E-state index contributed by atoms with van der Waals surface area (Å²) in [7, 11) is 0. The summed E-state index contributed by atoms with van der Waals surface area (Å²) in [6.45, 7) is 7.38. The average Bonchev–Trinajstić information content (AvgIpc) is 2.45. The van der Waals surface area contributed by atoms with Crippen molar-refractivity contribution in [3.8, 4) is 11.5 Å². The number of benzene rings is 1. The summed E-state index contributed by atoms with van der Waals surface area (Å²) < 4.78 is 10.9.